The van der Waals surface area contributed by atoms with Gasteiger partial charge in [-0.05, 0) is 41.5 Å². The van der Waals surface area contributed by atoms with Crippen LogP contribution in [0.4, 0.5) is 0 Å². The minimum Gasteiger partial charge on any atom is -0.497 e. The second-order valence-corrected chi connectivity index (χ2v) is 7.28. The predicted octanol–water partition coefficient (Wildman–Crippen LogP) is 4.79. The molecule has 0 amide bonds. The number of methoxy groups -OCH3 is 2. The molecule has 5 nitrogen and oxygen atoms in total. The summed E-state index contributed by atoms with van der Waals surface area (Å²) in [6.07, 6.45) is 3.66. The monoisotopic (exact) mass is 391 g/mol. The fourth-order valence-corrected chi connectivity index (χ4v) is 3.99. The summed E-state index contributed by atoms with van der Waals surface area (Å²) in [4.78, 5) is 9.12. The summed E-state index contributed by atoms with van der Waals surface area (Å²) < 4.78 is 12.8. The summed E-state index contributed by atoms with van der Waals surface area (Å²) in [6, 6.07) is 18.2. The molecule has 6 heteroatoms. The summed E-state index contributed by atoms with van der Waals surface area (Å²) in [7, 11) is 3.37. The fourth-order valence-electron chi connectivity index (χ4n) is 3.03. The van der Waals surface area contributed by atoms with E-state index in [2.05, 4.69) is 33.8 Å². The number of aromatic nitrogens is 3. The molecule has 0 radical (unpaired) electrons. The first-order chi connectivity index (χ1) is 13.8. The van der Waals surface area contributed by atoms with Crippen molar-refractivity contribution in [3.05, 3.63) is 78.1 Å². The van der Waals surface area contributed by atoms with Crippen LogP contribution in [-0.4, -0.2) is 28.8 Å². The zero-order chi connectivity index (χ0) is 19.3. The number of imidazole rings is 1. The van der Waals surface area contributed by atoms with Crippen LogP contribution in [0, 0.1) is 0 Å². The average molecular weight is 391 g/mol. The minimum absolute atomic E-state index is 0.729. The normalized spacial score (nSPS) is 10.9. The molecule has 142 valence electrons. The van der Waals surface area contributed by atoms with Crippen molar-refractivity contribution in [2.75, 3.05) is 14.2 Å². The Hall–Kier alpha value is -2.99. The molecule has 0 fully saturated rings. The van der Waals surface area contributed by atoms with Crippen molar-refractivity contribution in [3.8, 4) is 11.5 Å². The molecule has 2 aromatic heterocycles. The van der Waals surface area contributed by atoms with Crippen molar-refractivity contribution in [3.63, 3.8) is 0 Å². The highest BCUT2D eigenvalue weighted by molar-refractivity contribution is 7.98. The second kappa shape index (κ2) is 8.35. The topological polar surface area (TPSA) is 49.2 Å². The van der Waals surface area contributed by atoms with Crippen molar-refractivity contribution in [1.82, 2.24) is 14.5 Å². The molecule has 0 aliphatic rings. The Bertz CT molecular complexity index is 1080. The molecule has 28 heavy (non-hydrogen) atoms. The van der Waals surface area contributed by atoms with E-state index in [1.807, 2.05) is 36.5 Å². The molecule has 4 aromatic rings. The highest BCUT2D eigenvalue weighted by Gasteiger charge is 2.12. The molecule has 2 aromatic carbocycles. The van der Waals surface area contributed by atoms with Crippen molar-refractivity contribution in [2.24, 2.45) is 0 Å². The van der Waals surface area contributed by atoms with E-state index in [4.69, 9.17) is 14.5 Å². The van der Waals surface area contributed by atoms with Gasteiger partial charge in [0.15, 0.2) is 5.16 Å². The van der Waals surface area contributed by atoms with Crippen molar-refractivity contribution in [2.45, 2.75) is 17.5 Å². The zero-order valence-electron chi connectivity index (χ0n) is 15.8. The number of ether oxygens (including phenoxy) is 2. The van der Waals surface area contributed by atoms with Crippen LogP contribution in [0.25, 0.3) is 11.0 Å². The van der Waals surface area contributed by atoms with Gasteiger partial charge in [0.05, 0.1) is 38.0 Å². The third-order valence-corrected chi connectivity index (χ3v) is 5.56. The van der Waals surface area contributed by atoms with Gasteiger partial charge in [-0.25, -0.2) is 4.98 Å². The zero-order valence-corrected chi connectivity index (χ0v) is 16.6. The lowest BCUT2D eigenvalue weighted by Crippen LogP contribution is -2.02. The third kappa shape index (κ3) is 3.97. The summed E-state index contributed by atoms with van der Waals surface area (Å²) in [6.45, 7) is 0.729. The maximum atomic E-state index is 5.33. The molecule has 0 unspecified atom stereocenters. The summed E-state index contributed by atoms with van der Waals surface area (Å²) >= 11 is 1.72. The molecule has 0 aliphatic carbocycles. The lowest BCUT2D eigenvalue weighted by molar-refractivity contribution is 0.414. The molecule has 0 aliphatic heterocycles. The lowest BCUT2D eigenvalue weighted by Gasteiger charge is -2.10. The van der Waals surface area contributed by atoms with E-state index in [9.17, 15) is 0 Å². The van der Waals surface area contributed by atoms with Crippen LogP contribution in [0.1, 0.15) is 11.1 Å². The number of hydrogen-bond acceptors (Lipinski definition) is 5. The second-order valence-electron chi connectivity index (χ2n) is 6.33. The molecule has 0 atom stereocenters. The van der Waals surface area contributed by atoms with E-state index in [-0.39, 0.29) is 0 Å². The fraction of sp³-hybridized carbons (Fsp3) is 0.182. The number of nitrogens with zero attached hydrogens (tertiary/aromatic N) is 3. The van der Waals surface area contributed by atoms with Crippen LogP contribution in [0.2, 0.25) is 0 Å². The molecule has 0 saturated heterocycles. The number of fused-ring (bicyclic) bond motifs is 1. The Morgan fingerprint density at radius 3 is 2.54 bits per heavy atom. The predicted molar refractivity (Wildman–Crippen MR) is 112 cm³/mol. The van der Waals surface area contributed by atoms with E-state index in [0.717, 1.165) is 40.0 Å². The molecular formula is C22H21N3O2S. The maximum Gasteiger partial charge on any atom is 0.169 e. The first-order valence-electron chi connectivity index (χ1n) is 8.96. The van der Waals surface area contributed by atoms with Crippen LogP contribution in [0.3, 0.4) is 0 Å². The largest absolute Gasteiger partial charge is 0.497 e. The number of hydrogen-bond donors (Lipinski definition) is 0. The minimum atomic E-state index is 0.729. The smallest absolute Gasteiger partial charge is 0.169 e. The Balaban J connectivity index is 1.62. The van der Waals surface area contributed by atoms with Crippen molar-refractivity contribution in [1.29, 1.82) is 0 Å². The summed E-state index contributed by atoms with van der Waals surface area (Å²) in [5.41, 5.74) is 4.38. The number of thioether (sulfide) groups is 1. The van der Waals surface area contributed by atoms with Gasteiger partial charge in [0, 0.05) is 11.9 Å². The summed E-state index contributed by atoms with van der Waals surface area (Å²) in [5, 5.41) is 0.974. The molecule has 0 N–H and O–H groups in total. The van der Waals surface area contributed by atoms with Gasteiger partial charge in [0.25, 0.3) is 0 Å². The number of rotatable bonds is 7. The van der Waals surface area contributed by atoms with E-state index in [1.54, 1.807) is 32.2 Å². The summed E-state index contributed by atoms with van der Waals surface area (Å²) in [5.74, 6) is 2.54. The van der Waals surface area contributed by atoms with Gasteiger partial charge in [-0.15, -0.1) is 0 Å². The van der Waals surface area contributed by atoms with E-state index in [0.29, 0.717) is 0 Å². The molecule has 0 saturated carbocycles. The van der Waals surface area contributed by atoms with Gasteiger partial charge in [-0.2, -0.15) is 0 Å². The Kier molecular flexibility index (Phi) is 5.48. The number of pyridine rings is 1. The highest BCUT2D eigenvalue weighted by atomic mass is 32.2. The van der Waals surface area contributed by atoms with Gasteiger partial charge in [0.1, 0.15) is 11.5 Å². The van der Waals surface area contributed by atoms with E-state index >= 15 is 0 Å². The van der Waals surface area contributed by atoms with Crippen LogP contribution in [0.5, 0.6) is 11.5 Å². The Labute approximate surface area is 168 Å². The molecule has 4 rings (SSSR count). The highest BCUT2D eigenvalue weighted by Crippen LogP contribution is 2.28. The van der Waals surface area contributed by atoms with Gasteiger partial charge in [-0.1, -0.05) is 36.0 Å². The quantitative estimate of drug-likeness (QED) is 0.424. The lowest BCUT2D eigenvalue weighted by atomic mass is 10.2. The SMILES string of the molecule is COc1ccc(Cn2c(SCc3cccc(OC)c3)nc3ccncc32)cc1. The van der Waals surface area contributed by atoms with Gasteiger partial charge in [-0.3, -0.25) is 4.98 Å². The van der Waals surface area contributed by atoms with Gasteiger partial charge in [0.2, 0.25) is 0 Å². The van der Waals surface area contributed by atoms with E-state index < -0.39 is 0 Å². The third-order valence-electron chi connectivity index (χ3n) is 4.52. The molecule has 0 spiro atoms. The maximum absolute atomic E-state index is 5.33. The van der Waals surface area contributed by atoms with Gasteiger partial charge < -0.3 is 14.0 Å². The first-order valence-corrected chi connectivity index (χ1v) is 9.94. The standard InChI is InChI=1S/C22H21N3O2S/c1-26-18-8-6-16(7-9-18)14-25-21-13-23-11-10-20(21)24-22(25)28-15-17-4-3-5-19(12-17)27-2/h3-13H,14-15H2,1-2H3. The van der Waals surface area contributed by atoms with Crippen LogP contribution >= 0.6 is 11.8 Å². The van der Waals surface area contributed by atoms with Crippen LogP contribution in [-0.2, 0) is 12.3 Å². The molecular weight excluding hydrogens is 370 g/mol. The molecule has 2 heterocycles. The first kappa shape index (κ1) is 18.4. The molecule has 0 bridgehead atoms. The van der Waals surface area contributed by atoms with Crippen molar-refractivity contribution < 1.29 is 9.47 Å². The average Bonchev–Trinajstić information content (AvgIpc) is 3.10. The van der Waals surface area contributed by atoms with Crippen LogP contribution in [0.15, 0.2) is 72.1 Å². The Morgan fingerprint density at radius 2 is 1.75 bits per heavy atom. The van der Waals surface area contributed by atoms with Crippen molar-refractivity contribution >= 4 is 22.8 Å². The van der Waals surface area contributed by atoms with Gasteiger partial charge >= 0.3 is 0 Å². The Morgan fingerprint density at radius 1 is 0.929 bits per heavy atom. The number of benzene rings is 2. The van der Waals surface area contributed by atoms with E-state index in [1.165, 1.54) is 11.1 Å². The van der Waals surface area contributed by atoms with Crippen LogP contribution < -0.4 is 9.47 Å².